The maximum atomic E-state index is 11.5. The van der Waals surface area contributed by atoms with E-state index in [0.717, 1.165) is 6.42 Å². The first-order chi connectivity index (χ1) is 8.72. The van der Waals surface area contributed by atoms with Crippen LogP contribution >= 0.6 is 0 Å². The number of urea groups is 1. The summed E-state index contributed by atoms with van der Waals surface area (Å²) in [4.78, 5) is 32.8. The minimum atomic E-state index is -1.23. The zero-order valence-electron chi connectivity index (χ0n) is 11.1. The van der Waals surface area contributed by atoms with Crippen LogP contribution in [-0.4, -0.2) is 40.8 Å². The quantitative estimate of drug-likeness (QED) is 0.543. The average Bonchev–Trinajstić information content (AvgIpc) is 2.89. The van der Waals surface area contributed by atoms with E-state index < -0.39 is 24.0 Å². The van der Waals surface area contributed by atoms with Gasteiger partial charge in [-0.2, -0.15) is 0 Å². The molecule has 108 valence electrons. The van der Waals surface area contributed by atoms with Crippen molar-refractivity contribution in [3.05, 3.63) is 0 Å². The number of rotatable bonds is 7. The van der Waals surface area contributed by atoms with E-state index in [1.165, 1.54) is 0 Å². The van der Waals surface area contributed by atoms with Gasteiger partial charge in [0.25, 0.3) is 0 Å². The molecule has 1 aliphatic rings. The lowest BCUT2D eigenvalue weighted by Gasteiger charge is -2.14. The summed E-state index contributed by atoms with van der Waals surface area (Å²) in [5.41, 5.74) is 0.239. The van der Waals surface area contributed by atoms with Crippen LogP contribution in [-0.2, 0) is 9.59 Å². The Morgan fingerprint density at radius 1 is 1.32 bits per heavy atom. The molecule has 7 nitrogen and oxygen atoms in total. The molecule has 0 heterocycles. The lowest BCUT2D eigenvalue weighted by molar-refractivity contribution is -0.140. The molecule has 0 aromatic rings. The summed E-state index contributed by atoms with van der Waals surface area (Å²) < 4.78 is 0. The standard InChI is InChI=1S/C12H20N2O5/c1-12(2)5-7(12)6-13-11(19)14-8(10(17)18)3-4-9(15)16/h7-8H,3-6H2,1-2H3,(H,15,16)(H,17,18)(H2,13,14,19). The Morgan fingerprint density at radius 2 is 1.89 bits per heavy atom. The van der Waals surface area contributed by atoms with Crippen LogP contribution in [0.2, 0.25) is 0 Å². The SMILES string of the molecule is CC1(C)CC1CNC(=O)NC(CCC(=O)O)C(=O)O. The van der Waals surface area contributed by atoms with E-state index in [1.807, 2.05) is 0 Å². The molecule has 2 amide bonds. The highest BCUT2D eigenvalue weighted by atomic mass is 16.4. The molecule has 7 heteroatoms. The number of amides is 2. The monoisotopic (exact) mass is 272 g/mol. The van der Waals surface area contributed by atoms with Crippen LogP contribution in [0.3, 0.4) is 0 Å². The molecule has 0 aromatic carbocycles. The summed E-state index contributed by atoms with van der Waals surface area (Å²) in [5, 5.41) is 22.3. The van der Waals surface area contributed by atoms with Gasteiger partial charge in [0.05, 0.1) is 0 Å². The van der Waals surface area contributed by atoms with Crippen molar-refractivity contribution in [1.82, 2.24) is 10.6 Å². The van der Waals surface area contributed by atoms with Crippen LogP contribution in [0.15, 0.2) is 0 Å². The van der Waals surface area contributed by atoms with Crippen molar-refractivity contribution in [2.24, 2.45) is 11.3 Å². The van der Waals surface area contributed by atoms with Gasteiger partial charge in [0, 0.05) is 13.0 Å². The van der Waals surface area contributed by atoms with Gasteiger partial charge in [0.15, 0.2) is 0 Å². The lowest BCUT2D eigenvalue weighted by Crippen LogP contribution is -2.46. The predicted molar refractivity (Wildman–Crippen MR) is 66.7 cm³/mol. The molecule has 1 fully saturated rings. The summed E-state index contributed by atoms with van der Waals surface area (Å²) in [6, 6.07) is -1.75. The summed E-state index contributed by atoms with van der Waals surface area (Å²) in [6.45, 7) is 4.71. The number of hydrogen-bond donors (Lipinski definition) is 4. The third kappa shape index (κ3) is 5.15. The fourth-order valence-electron chi connectivity index (χ4n) is 1.87. The van der Waals surface area contributed by atoms with Gasteiger partial charge in [-0.25, -0.2) is 9.59 Å². The van der Waals surface area contributed by atoms with Gasteiger partial charge in [0.1, 0.15) is 6.04 Å². The van der Waals surface area contributed by atoms with Gasteiger partial charge < -0.3 is 20.8 Å². The minimum absolute atomic E-state index is 0.132. The van der Waals surface area contributed by atoms with Gasteiger partial charge in [0.2, 0.25) is 0 Å². The molecule has 0 aromatic heterocycles. The van der Waals surface area contributed by atoms with Gasteiger partial charge >= 0.3 is 18.0 Å². The van der Waals surface area contributed by atoms with Crippen molar-refractivity contribution in [1.29, 1.82) is 0 Å². The molecule has 0 bridgehead atoms. The van der Waals surface area contributed by atoms with E-state index in [9.17, 15) is 14.4 Å². The first kappa shape index (κ1) is 15.3. The maximum absolute atomic E-state index is 11.5. The van der Waals surface area contributed by atoms with Gasteiger partial charge in [-0.3, -0.25) is 4.79 Å². The van der Waals surface area contributed by atoms with E-state index in [1.54, 1.807) is 0 Å². The number of aliphatic carboxylic acids is 2. The zero-order chi connectivity index (χ0) is 14.6. The van der Waals surface area contributed by atoms with Crippen LogP contribution < -0.4 is 10.6 Å². The first-order valence-corrected chi connectivity index (χ1v) is 6.21. The summed E-state index contributed by atoms with van der Waals surface area (Å²) in [6.07, 6.45) is 0.606. The Kier molecular flexibility index (Phi) is 4.74. The second-order valence-corrected chi connectivity index (χ2v) is 5.57. The summed E-state index contributed by atoms with van der Waals surface area (Å²) >= 11 is 0. The van der Waals surface area contributed by atoms with E-state index in [-0.39, 0.29) is 18.3 Å². The number of carboxylic acid groups (broad SMARTS) is 2. The highest BCUT2D eigenvalue weighted by molar-refractivity contribution is 5.83. The number of carbonyl (C=O) groups is 3. The van der Waals surface area contributed by atoms with Crippen LogP contribution in [0.5, 0.6) is 0 Å². The zero-order valence-corrected chi connectivity index (χ0v) is 11.1. The topological polar surface area (TPSA) is 116 Å². The summed E-state index contributed by atoms with van der Waals surface area (Å²) in [7, 11) is 0. The average molecular weight is 272 g/mol. The van der Waals surface area contributed by atoms with E-state index in [0.29, 0.717) is 12.5 Å². The molecule has 4 N–H and O–H groups in total. The molecular weight excluding hydrogens is 252 g/mol. The minimum Gasteiger partial charge on any atom is -0.481 e. The molecule has 19 heavy (non-hydrogen) atoms. The molecule has 0 saturated heterocycles. The highest BCUT2D eigenvalue weighted by Gasteiger charge is 2.45. The van der Waals surface area contributed by atoms with Gasteiger partial charge in [-0.05, 0) is 24.2 Å². The van der Waals surface area contributed by atoms with E-state index in [4.69, 9.17) is 10.2 Å². The smallest absolute Gasteiger partial charge is 0.326 e. The fraction of sp³-hybridized carbons (Fsp3) is 0.750. The normalized spacial score (nSPS) is 21.3. The third-order valence-electron chi connectivity index (χ3n) is 3.48. The van der Waals surface area contributed by atoms with E-state index >= 15 is 0 Å². The Bertz CT molecular complexity index is 380. The Labute approximate surface area is 111 Å². The molecule has 0 radical (unpaired) electrons. The first-order valence-electron chi connectivity index (χ1n) is 6.21. The maximum Gasteiger partial charge on any atom is 0.326 e. The number of carboxylic acids is 2. The molecular formula is C12H20N2O5. The lowest BCUT2D eigenvalue weighted by atomic mass is 10.1. The second-order valence-electron chi connectivity index (χ2n) is 5.57. The number of carbonyl (C=O) groups excluding carboxylic acids is 1. The van der Waals surface area contributed by atoms with Crippen LogP contribution in [0, 0.1) is 11.3 Å². The van der Waals surface area contributed by atoms with Crippen LogP contribution in [0.4, 0.5) is 4.79 Å². The number of nitrogens with one attached hydrogen (secondary N) is 2. The van der Waals surface area contributed by atoms with Crippen molar-refractivity contribution in [2.75, 3.05) is 6.54 Å². The van der Waals surface area contributed by atoms with Crippen LogP contribution in [0.25, 0.3) is 0 Å². The van der Waals surface area contributed by atoms with Crippen molar-refractivity contribution in [3.63, 3.8) is 0 Å². The molecule has 2 atom stereocenters. The number of hydrogen-bond acceptors (Lipinski definition) is 3. The van der Waals surface area contributed by atoms with E-state index in [2.05, 4.69) is 24.5 Å². The Morgan fingerprint density at radius 3 is 2.32 bits per heavy atom. The molecule has 2 unspecified atom stereocenters. The third-order valence-corrected chi connectivity index (χ3v) is 3.48. The molecule has 1 saturated carbocycles. The molecule has 1 rings (SSSR count). The van der Waals surface area contributed by atoms with Gasteiger partial charge in [-0.1, -0.05) is 13.8 Å². The second kappa shape index (κ2) is 5.90. The largest absolute Gasteiger partial charge is 0.481 e. The fourth-order valence-corrected chi connectivity index (χ4v) is 1.87. The molecule has 1 aliphatic carbocycles. The molecule has 0 spiro atoms. The molecule has 0 aliphatic heterocycles. The van der Waals surface area contributed by atoms with Crippen molar-refractivity contribution in [2.45, 2.75) is 39.2 Å². The van der Waals surface area contributed by atoms with Crippen molar-refractivity contribution in [3.8, 4) is 0 Å². The van der Waals surface area contributed by atoms with Crippen molar-refractivity contribution >= 4 is 18.0 Å². The Hall–Kier alpha value is -1.79. The highest BCUT2D eigenvalue weighted by Crippen LogP contribution is 2.50. The van der Waals surface area contributed by atoms with Crippen molar-refractivity contribution < 1.29 is 24.6 Å². The summed E-state index contributed by atoms with van der Waals surface area (Å²) in [5.74, 6) is -1.91. The van der Waals surface area contributed by atoms with Gasteiger partial charge in [-0.15, -0.1) is 0 Å². The van der Waals surface area contributed by atoms with Crippen LogP contribution in [0.1, 0.15) is 33.1 Å². The Balaban J connectivity index is 2.30. The predicted octanol–water partition coefficient (Wildman–Crippen LogP) is 0.650.